The van der Waals surface area contributed by atoms with E-state index in [1.54, 1.807) is 18.2 Å². The van der Waals surface area contributed by atoms with Crippen molar-refractivity contribution in [3.05, 3.63) is 35.6 Å². The molecule has 1 aromatic carbocycles. The molecule has 1 amide bonds. The molecule has 4 N–H and O–H groups in total. The maximum absolute atomic E-state index is 13.4. The molecule has 1 aromatic rings. The van der Waals surface area contributed by atoms with Crippen LogP contribution in [0.15, 0.2) is 29.4 Å². The summed E-state index contributed by atoms with van der Waals surface area (Å²) in [4.78, 5) is 11.8. The standard InChI is InChI=1S/C13H18FN3O2/c1-8(2)12(13(15)17-19)16-11(18)7-9-5-3-4-6-10(9)14/h3-6,8,12,19H,7H2,1-2H3,(H2,15,17)(H,16,18). The molecule has 104 valence electrons. The first-order chi connectivity index (χ1) is 8.95. The van der Waals surface area contributed by atoms with E-state index < -0.39 is 11.9 Å². The molecule has 6 heteroatoms. The van der Waals surface area contributed by atoms with Crippen molar-refractivity contribution in [2.45, 2.75) is 26.3 Å². The molecule has 0 bridgehead atoms. The average molecular weight is 267 g/mol. The number of benzene rings is 1. The second-order valence-corrected chi connectivity index (χ2v) is 4.58. The topological polar surface area (TPSA) is 87.7 Å². The fourth-order valence-corrected chi connectivity index (χ4v) is 1.68. The molecule has 0 aliphatic rings. The number of oxime groups is 1. The first-order valence-corrected chi connectivity index (χ1v) is 5.96. The molecule has 0 saturated carbocycles. The molecule has 0 spiro atoms. The van der Waals surface area contributed by atoms with Crippen LogP contribution in [0.5, 0.6) is 0 Å². The zero-order chi connectivity index (χ0) is 14.4. The highest BCUT2D eigenvalue weighted by Gasteiger charge is 2.21. The Morgan fingerprint density at radius 2 is 2.11 bits per heavy atom. The van der Waals surface area contributed by atoms with Crippen molar-refractivity contribution < 1.29 is 14.4 Å². The first-order valence-electron chi connectivity index (χ1n) is 5.96. The third-order valence-corrected chi connectivity index (χ3v) is 2.73. The Hall–Kier alpha value is -2.11. The molecule has 0 fully saturated rings. The lowest BCUT2D eigenvalue weighted by atomic mass is 10.0. The summed E-state index contributed by atoms with van der Waals surface area (Å²) in [6, 6.07) is 5.48. The van der Waals surface area contributed by atoms with Gasteiger partial charge >= 0.3 is 0 Å². The van der Waals surface area contributed by atoms with E-state index in [1.165, 1.54) is 6.07 Å². The Labute approximate surface area is 111 Å². The summed E-state index contributed by atoms with van der Waals surface area (Å²) in [5.74, 6) is -0.921. The number of hydrogen-bond acceptors (Lipinski definition) is 3. The molecular weight excluding hydrogens is 249 g/mol. The zero-order valence-corrected chi connectivity index (χ0v) is 10.9. The van der Waals surface area contributed by atoms with E-state index in [0.717, 1.165) is 0 Å². The number of rotatable bonds is 5. The summed E-state index contributed by atoms with van der Waals surface area (Å²) >= 11 is 0. The summed E-state index contributed by atoms with van der Waals surface area (Å²) in [7, 11) is 0. The highest BCUT2D eigenvalue weighted by Crippen LogP contribution is 2.08. The van der Waals surface area contributed by atoms with Gasteiger partial charge in [0.25, 0.3) is 0 Å². The fraction of sp³-hybridized carbons (Fsp3) is 0.385. The smallest absolute Gasteiger partial charge is 0.225 e. The van der Waals surface area contributed by atoms with Gasteiger partial charge in [-0.15, -0.1) is 0 Å². The SMILES string of the molecule is CC(C)C(NC(=O)Cc1ccccc1F)C(N)=NO. The van der Waals surface area contributed by atoms with E-state index in [9.17, 15) is 9.18 Å². The third-order valence-electron chi connectivity index (χ3n) is 2.73. The lowest BCUT2D eigenvalue weighted by Gasteiger charge is -2.20. The van der Waals surface area contributed by atoms with E-state index >= 15 is 0 Å². The van der Waals surface area contributed by atoms with Gasteiger partial charge in [0.15, 0.2) is 5.84 Å². The van der Waals surface area contributed by atoms with Crippen LogP contribution in [0.4, 0.5) is 4.39 Å². The zero-order valence-electron chi connectivity index (χ0n) is 10.9. The van der Waals surface area contributed by atoms with Gasteiger partial charge in [-0.05, 0) is 17.5 Å². The molecule has 0 aromatic heterocycles. The molecule has 0 saturated heterocycles. The molecule has 19 heavy (non-hydrogen) atoms. The van der Waals surface area contributed by atoms with E-state index in [2.05, 4.69) is 10.5 Å². The summed E-state index contributed by atoms with van der Waals surface area (Å²) in [5, 5.41) is 14.2. The van der Waals surface area contributed by atoms with Crippen LogP contribution in [0.2, 0.25) is 0 Å². The highest BCUT2D eigenvalue weighted by atomic mass is 19.1. The van der Waals surface area contributed by atoms with Crippen LogP contribution >= 0.6 is 0 Å². The molecule has 1 rings (SSSR count). The van der Waals surface area contributed by atoms with Crippen molar-refractivity contribution in [3.63, 3.8) is 0 Å². The Balaban J connectivity index is 2.71. The average Bonchev–Trinajstić information content (AvgIpc) is 2.37. The van der Waals surface area contributed by atoms with Crippen LogP contribution in [0, 0.1) is 11.7 Å². The van der Waals surface area contributed by atoms with Gasteiger partial charge in [-0.1, -0.05) is 37.2 Å². The van der Waals surface area contributed by atoms with Crippen molar-refractivity contribution in [1.82, 2.24) is 5.32 Å². The second kappa shape index (κ2) is 6.72. The maximum atomic E-state index is 13.4. The van der Waals surface area contributed by atoms with Crippen molar-refractivity contribution in [2.75, 3.05) is 0 Å². The molecule has 0 aliphatic carbocycles. The van der Waals surface area contributed by atoms with Gasteiger partial charge in [-0.25, -0.2) is 4.39 Å². The molecule has 0 heterocycles. The van der Waals surface area contributed by atoms with Crippen LogP contribution in [-0.2, 0) is 11.2 Å². The number of hydrogen-bond donors (Lipinski definition) is 3. The predicted octanol–water partition coefficient (Wildman–Crippen LogP) is 1.26. The minimum absolute atomic E-state index is 0.0412. The number of amidine groups is 1. The fourth-order valence-electron chi connectivity index (χ4n) is 1.68. The number of nitrogens with zero attached hydrogens (tertiary/aromatic N) is 1. The number of nitrogens with one attached hydrogen (secondary N) is 1. The maximum Gasteiger partial charge on any atom is 0.225 e. The summed E-state index contributed by atoms with van der Waals surface area (Å²) < 4.78 is 13.4. The van der Waals surface area contributed by atoms with Crippen LogP contribution in [0.3, 0.4) is 0 Å². The number of amides is 1. The summed E-state index contributed by atoms with van der Waals surface area (Å²) in [6.45, 7) is 3.65. The number of nitrogens with two attached hydrogens (primary N) is 1. The van der Waals surface area contributed by atoms with E-state index in [4.69, 9.17) is 10.9 Å². The Kier molecular flexibility index (Phi) is 5.29. The quantitative estimate of drug-likeness (QED) is 0.325. The number of carbonyl (C=O) groups is 1. The summed E-state index contributed by atoms with van der Waals surface area (Å²) in [5.41, 5.74) is 5.81. The van der Waals surface area contributed by atoms with Crippen molar-refractivity contribution in [3.8, 4) is 0 Å². The van der Waals surface area contributed by atoms with E-state index in [0.29, 0.717) is 5.56 Å². The lowest BCUT2D eigenvalue weighted by molar-refractivity contribution is -0.121. The molecule has 1 unspecified atom stereocenters. The van der Waals surface area contributed by atoms with Crippen LogP contribution in [0.25, 0.3) is 0 Å². The number of carbonyl (C=O) groups excluding carboxylic acids is 1. The molecule has 0 radical (unpaired) electrons. The van der Waals surface area contributed by atoms with Crippen LogP contribution in [0.1, 0.15) is 19.4 Å². The van der Waals surface area contributed by atoms with Gasteiger partial charge in [-0.3, -0.25) is 4.79 Å². The minimum atomic E-state index is -0.579. The molecule has 1 atom stereocenters. The Morgan fingerprint density at radius 1 is 1.47 bits per heavy atom. The normalized spacial score (nSPS) is 13.4. The minimum Gasteiger partial charge on any atom is -0.409 e. The molecular formula is C13H18FN3O2. The van der Waals surface area contributed by atoms with E-state index in [1.807, 2.05) is 13.8 Å². The monoisotopic (exact) mass is 267 g/mol. The van der Waals surface area contributed by atoms with Gasteiger partial charge in [-0.2, -0.15) is 0 Å². The predicted molar refractivity (Wildman–Crippen MR) is 70.3 cm³/mol. The highest BCUT2D eigenvalue weighted by molar-refractivity contribution is 5.90. The van der Waals surface area contributed by atoms with Gasteiger partial charge in [0.2, 0.25) is 5.91 Å². The van der Waals surface area contributed by atoms with Gasteiger partial charge in [0.1, 0.15) is 5.82 Å². The van der Waals surface area contributed by atoms with Crippen LogP contribution < -0.4 is 11.1 Å². The molecule has 0 aliphatic heterocycles. The van der Waals surface area contributed by atoms with Crippen molar-refractivity contribution >= 4 is 11.7 Å². The van der Waals surface area contributed by atoms with Crippen LogP contribution in [-0.4, -0.2) is 23.0 Å². The Morgan fingerprint density at radius 3 is 2.63 bits per heavy atom. The van der Waals surface area contributed by atoms with Crippen molar-refractivity contribution in [1.29, 1.82) is 0 Å². The Bertz CT molecular complexity index is 475. The molecule has 5 nitrogen and oxygen atoms in total. The second-order valence-electron chi connectivity index (χ2n) is 4.58. The van der Waals surface area contributed by atoms with Crippen molar-refractivity contribution in [2.24, 2.45) is 16.8 Å². The third kappa shape index (κ3) is 4.24. The summed E-state index contributed by atoms with van der Waals surface area (Å²) in [6.07, 6.45) is -0.0887. The number of halogens is 1. The largest absolute Gasteiger partial charge is 0.409 e. The first kappa shape index (κ1) is 14.9. The van der Waals surface area contributed by atoms with Gasteiger partial charge < -0.3 is 16.3 Å². The van der Waals surface area contributed by atoms with Gasteiger partial charge in [0.05, 0.1) is 12.5 Å². The van der Waals surface area contributed by atoms with E-state index in [-0.39, 0.29) is 24.1 Å². The van der Waals surface area contributed by atoms with Gasteiger partial charge in [0, 0.05) is 0 Å². The lowest BCUT2D eigenvalue weighted by Crippen LogP contribution is -2.48.